The van der Waals surface area contributed by atoms with E-state index < -0.39 is 0 Å². The molecule has 2 nitrogen and oxygen atoms in total. The lowest BCUT2D eigenvalue weighted by Gasteiger charge is -2.07. The lowest BCUT2D eigenvalue weighted by molar-refractivity contribution is 0.103. The van der Waals surface area contributed by atoms with Gasteiger partial charge in [0.25, 0.3) is 0 Å². The number of anilines is 1. The number of carbonyl (C=O) groups is 1. The maximum Gasteiger partial charge on any atom is 0.196 e. The van der Waals surface area contributed by atoms with E-state index in [-0.39, 0.29) is 5.78 Å². The van der Waals surface area contributed by atoms with Crippen LogP contribution in [0.3, 0.4) is 0 Å². The fraction of sp³-hybridized carbons (Fsp3) is 0.0714. The third kappa shape index (κ3) is 2.50. The first-order valence-corrected chi connectivity index (χ1v) is 6.10. The standard InChI is InChI=1S/C14H11Cl2NO/c1-8-2-4-10(12(15)6-8)14(18)11-5-3-9(17)7-13(11)16/h2-7H,17H2,1H3. The highest BCUT2D eigenvalue weighted by molar-refractivity contribution is 6.38. The van der Waals surface area contributed by atoms with Crippen LogP contribution in [0.15, 0.2) is 36.4 Å². The van der Waals surface area contributed by atoms with Gasteiger partial charge in [-0.2, -0.15) is 0 Å². The number of nitrogens with two attached hydrogens (primary N) is 1. The number of ketones is 1. The Kier molecular flexibility index (Phi) is 3.60. The van der Waals surface area contributed by atoms with Crippen LogP contribution in [0.1, 0.15) is 21.5 Å². The molecule has 18 heavy (non-hydrogen) atoms. The second-order valence-corrected chi connectivity index (χ2v) is 4.87. The second-order valence-electron chi connectivity index (χ2n) is 4.05. The topological polar surface area (TPSA) is 43.1 Å². The SMILES string of the molecule is Cc1ccc(C(=O)c2ccc(N)cc2Cl)c(Cl)c1. The van der Waals surface area contributed by atoms with Crippen molar-refractivity contribution in [2.24, 2.45) is 0 Å². The first kappa shape index (κ1) is 12.9. The molecule has 0 bridgehead atoms. The molecule has 0 aliphatic heterocycles. The van der Waals surface area contributed by atoms with Crippen LogP contribution in [0, 0.1) is 6.92 Å². The highest BCUT2D eigenvalue weighted by Crippen LogP contribution is 2.26. The van der Waals surface area contributed by atoms with Crippen molar-refractivity contribution in [3.8, 4) is 0 Å². The molecule has 0 radical (unpaired) electrons. The molecule has 0 aromatic heterocycles. The number of benzene rings is 2. The first-order valence-electron chi connectivity index (χ1n) is 5.35. The number of carbonyl (C=O) groups excluding carboxylic acids is 1. The Morgan fingerprint density at radius 3 is 2.11 bits per heavy atom. The Morgan fingerprint density at radius 1 is 1.00 bits per heavy atom. The van der Waals surface area contributed by atoms with E-state index in [4.69, 9.17) is 28.9 Å². The van der Waals surface area contributed by atoms with E-state index in [1.165, 1.54) is 0 Å². The zero-order valence-electron chi connectivity index (χ0n) is 9.71. The van der Waals surface area contributed by atoms with Crippen molar-refractivity contribution in [2.75, 3.05) is 5.73 Å². The summed E-state index contributed by atoms with van der Waals surface area (Å²) >= 11 is 12.1. The molecule has 0 saturated carbocycles. The molecule has 0 aliphatic carbocycles. The van der Waals surface area contributed by atoms with Gasteiger partial charge in [0.05, 0.1) is 10.0 Å². The molecule has 2 rings (SSSR count). The van der Waals surface area contributed by atoms with E-state index >= 15 is 0 Å². The van der Waals surface area contributed by atoms with Gasteiger partial charge >= 0.3 is 0 Å². The Hall–Kier alpha value is -1.51. The third-order valence-electron chi connectivity index (χ3n) is 2.61. The minimum absolute atomic E-state index is 0.204. The summed E-state index contributed by atoms with van der Waals surface area (Å²) in [6.07, 6.45) is 0. The summed E-state index contributed by atoms with van der Waals surface area (Å²) in [5, 5.41) is 0.754. The molecule has 0 amide bonds. The minimum Gasteiger partial charge on any atom is -0.399 e. The molecule has 0 unspecified atom stereocenters. The number of nitrogen functional groups attached to an aromatic ring is 1. The summed E-state index contributed by atoms with van der Waals surface area (Å²) in [4.78, 5) is 12.3. The zero-order chi connectivity index (χ0) is 13.3. The van der Waals surface area contributed by atoms with Crippen molar-refractivity contribution >= 4 is 34.7 Å². The summed E-state index contributed by atoms with van der Waals surface area (Å²) in [5.74, 6) is -0.204. The monoisotopic (exact) mass is 279 g/mol. The van der Waals surface area contributed by atoms with Crippen LogP contribution < -0.4 is 5.73 Å². The number of rotatable bonds is 2. The molecule has 4 heteroatoms. The van der Waals surface area contributed by atoms with Gasteiger partial charge in [-0.25, -0.2) is 0 Å². The van der Waals surface area contributed by atoms with Crippen molar-refractivity contribution in [3.05, 3.63) is 63.1 Å². The van der Waals surface area contributed by atoms with E-state index in [0.29, 0.717) is 26.9 Å². The van der Waals surface area contributed by atoms with E-state index in [9.17, 15) is 4.79 Å². The van der Waals surface area contributed by atoms with Crippen LogP contribution >= 0.6 is 23.2 Å². The lowest BCUT2D eigenvalue weighted by Crippen LogP contribution is -2.03. The van der Waals surface area contributed by atoms with Crippen molar-refractivity contribution in [2.45, 2.75) is 6.92 Å². The van der Waals surface area contributed by atoms with Gasteiger partial charge in [0.2, 0.25) is 0 Å². The van der Waals surface area contributed by atoms with Crippen molar-refractivity contribution in [1.82, 2.24) is 0 Å². The first-order chi connectivity index (χ1) is 8.49. The molecule has 0 saturated heterocycles. The summed E-state index contributed by atoms with van der Waals surface area (Å²) in [6, 6.07) is 10.1. The van der Waals surface area contributed by atoms with Crippen molar-refractivity contribution in [3.63, 3.8) is 0 Å². The van der Waals surface area contributed by atoms with E-state index in [1.54, 1.807) is 30.3 Å². The molecule has 92 valence electrons. The maximum atomic E-state index is 12.3. The zero-order valence-corrected chi connectivity index (χ0v) is 11.2. The normalized spacial score (nSPS) is 10.4. The van der Waals surface area contributed by atoms with Gasteiger partial charge in [0.1, 0.15) is 0 Å². The Morgan fingerprint density at radius 2 is 1.56 bits per heavy atom. The molecule has 2 N–H and O–H groups in total. The van der Waals surface area contributed by atoms with Crippen LogP contribution in [0.5, 0.6) is 0 Å². The summed E-state index contributed by atoms with van der Waals surface area (Å²) < 4.78 is 0. The van der Waals surface area contributed by atoms with E-state index in [0.717, 1.165) is 5.56 Å². The Bertz CT molecular complexity index is 570. The molecular formula is C14H11Cl2NO. The van der Waals surface area contributed by atoms with Gasteiger partial charge in [0.15, 0.2) is 5.78 Å². The third-order valence-corrected chi connectivity index (χ3v) is 3.23. The average Bonchev–Trinajstić information content (AvgIpc) is 2.28. The quantitative estimate of drug-likeness (QED) is 0.664. The number of halogens is 2. The molecule has 0 heterocycles. The van der Waals surface area contributed by atoms with Gasteiger partial charge in [0, 0.05) is 16.8 Å². The smallest absolute Gasteiger partial charge is 0.196 e. The molecule has 0 atom stereocenters. The van der Waals surface area contributed by atoms with Gasteiger partial charge in [-0.1, -0.05) is 29.3 Å². The molecule has 0 spiro atoms. The maximum absolute atomic E-state index is 12.3. The molecule has 0 aliphatic rings. The lowest BCUT2D eigenvalue weighted by atomic mass is 10.0. The number of hydrogen-bond donors (Lipinski definition) is 1. The summed E-state index contributed by atoms with van der Waals surface area (Å²) in [5.41, 5.74) is 7.95. The van der Waals surface area contributed by atoms with Crippen LogP contribution in [0.2, 0.25) is 10.0 Å². The largest absolute Gasteiger partial charge is 0.399 e. The van der Waals surface area contributed by atoms with Crippen molar-refractivity contribution in [1.29, 1.82) is 0 Å². The van der Waals surface area contributed by atoms with Crippen LogP contribution in [-0.2, 0) is 0 Å². The average molecular weight is 280 g/mol. The van der Waals surface area contributed by atoms with Crippen molar-refractivity contribution < 1.29 is 4.79 Å². The Labute approximate surface area is 115 Å². The summed E-state index contributed by atoms with van der Waals surface area (Å²) in [7, 11) is 0. The molecular weight excluding hydrogens is 269 g/mol. The van der Waals surface area contributed by atoms with Gasteiger partial charge < -0.3 is 5.73 Å². The molecule has 2 aromatic carbocycles. The number of aryl methyl sites for hydroxylation is 1. The molecule has 0 fully saturated rings. The van der Waals surface area contributed by atoms with Gasteiger partial charge in [-0.3, -0.25) is 4.79 Å². The van der Waals surface area contributed by atoms with Crippen LogP contribution in [0.4, 0.5) is 5.69 Å². The van der Waals surface area contributed by atoms with Gasteiger partial charge in [-0.05, 0) is 42.8 Å². The Balaban J connectivity index is 2.48. The highest BCUT2D eigenvalue weighted by Gasteiger charge is 2.15. The predicted octanol–water partition coefficient (Wildman–Crippen LogP) is 4.12. The number of hydrogen-bond acceptors (Lipinski definition) is 2. The highest BCUT2D eigenvalue weighted by atomic mass is 35.5. The van der Waals surface area contributed by atoms with E-state index in [2.05, 4.69) is 0 Å². The molecule has 2 aromatic rings. The van der Waals surface area contributed by atoms with Gasteiger partial charge in [-0.15, -0.1) is 0 Å². The van der Waals surface area contributed by atoms with E-state index in [1.807, 2.05) is 13.0 Å². The fourth-order valence-electron chi connectivity index (χ4n) is 1.66. The fourth-order valence-corrected chi connectivity index (χ4v) is 2.26. The predicted molar refractivity (Wildman–Crippen MR) is 75.5 cm³/mol. The minimum atomic E-state index is -0.204. The second kappa shape index (κ2) is 5.01. The summed E-state index contributed by atoms with van der Waals surface area (Å²) in [6.45, 7) is 1.91. The van der Waals surface area contributed by atoms with Crippen LogP contribution in [0.25, 0.3) is 0 Å². The van der Waals surface area contributed by atoms with Crippen LogP contribution in [-0.4, -0.2) is 5.78 Å².